The van der Waals surface area contributed by atoms with Crippen LogP contribution in [0.5, 0.6) is 0 Å². The minimum absolute atomic E-state index is 0.00230. The Morgan fingerprint density at radius 3 is 2.20 bits per heavy atom. The number of nitrogens with zero attached hydrogens (tertiary/aromatic N) is 2. The van der Waals surface area contributed by atoms with Crippen LogP contribution in [0.1, 0.15) is 36.0 Å². The first-order valence-electron chi connectivity index (χ1n) is 8.46. The lowest BCUT2D eigenvalue weighted by Crippen LogP contribution is -2.48. The number of carbonyl (C=O) groups excluding carboxylic acids is 2. The minimum Gasteiger partial charge on any atom is -0.481 e. The number of hydrogen-bond donors (Lipinski definition) is 1. The number of amides is 1. The highest BCUT2D eigenvalue weighted by Crippen LogP contribution is 2.10. The molecule has 1 aromatic rings. The van der Waals surface area contributed by atoms with Crippen molar-refractivity contribution in [3.05, 3.63) is 35.6 Å². The van der Waals surface area contributed by atoms with Crippen molar-refractivity contribution in [1.82, 2.24) is 9.80 Å². The van der Waals surface area contributed by atoms with Crippen molar-refractivity contribution in [2.75, 3.05) is 32.7 Å². The summed E-state index contributed by atoms with van der Waals surface area (Å²) in [5.74, 6) is -1.43. The van der Waals surface area contributed by atoms with Crippen LogP contribution < -0.4 is 0 Å². The number of hydrogen-bond acceptors (Lipinski definition) is 4. The maximum atomic E-state index is 12.8. The Balaban J connectivity index is 1.65. The van der Waals surface area contributed by atoms with Crippen molar-refractivity contribution >= 4 is 17.7 Å². The number of ketones is 1. The molecule has 6 nitrogen and oxygen atoms in total. The molecule has 0 radical (unpaired) electrons. The van der Waals surface area contributed by atoms with E-state index in [0.717, 1.165) is 19.6 Å². The number of halogens is 1. The quantitative estimate of drug-likeness (QED) is 0.724. The first kappa shape index (κ1) is 19.1. The highest BCUT2D eigenvalue weighted by Gasteiger charge is 2.21. The molecule has 7 heteroatoms. The Labute approximate surface area is 146 Å². The summed E-state index contributed by atoms with van der Waals surface area (Å²) in [6, 6.07) is 5.57. The summed E-state index contributed by atoms with van der Waals surface area (Å²) < 4.78 is 12.8. The third-order valence-corrected chi connectivity index (χ3v) is 4.32. The van der Waals surface area contributed by atoms with E-state index < -0.39 is 5.97 Å². The zero-order chi connectivity index (χ0) is 18.2. The monoisotopic (exact) mass is 350 g/mol. The van der Waals surface area contributed by atoms with Gasteiger partial charge in [-0.15, -0.1) is 0 Å². The molecule has 0 atom stereocenters. The molecule has 1 heterocycles. The molecule has 2 rings (SSSR count). The van der Waals surface area contributed by atoms with E-state index in [4.69, 9.17) is 5.11 Å². The molecule has 0 bridgehead atoms. The lowest BCUT2D eigenvalue weighted by molar-refractivity contribution is -0.141. The van der Waals surface area contributed by atoms with E-state index in [1.165, 1.54) is 24.3 Å². The number of piperazine rings is 1. The largest absolute Gasteiger partial charge is 0.481 e. The number of carboxylic acid groups (broad SMARTS) is 1. The van der Waals surface area contributed by atoms with Gasteiger partial charge in [-0.1, -0.05) is 0 Å². The Hall–Kier alpha value is -2.28. The molecule has 1 aliphatic rings. The molecule has 1 amide bonds. The van der Waals surface area contributed by atoms with Crippen LogP contribution >= 0.6 is 0 Å². The fraction of sp³-hybridized carbons (Fsp3) is 0.500. The summed E-state index contributed by atoms with van der Waals surface area (Å²) in [4.78, 5) is 38.3. The van der Waals surface area contributed by atoms with E-state index in [2.05, 4.69) is 4.90 Å². The highest BCUT2D eigenvalue weighted by atomic mass is 19.1. The van der Waals surface area contributed by atoms with Crippen LogP contribution in [0.3, 0.4) is 0 Å². The second-order valence-electron chi connectivity index (χ2n) is 6.15. The normalized spacial score (nSPS) is 15.2. The summed E-state index contributed by atoms with van der Waals surface area (Å²) in [5.41, 5.74) is 0.523. The second kappa shape index (κ2) is 9.27. The maximum Gasteiger partial charge on any atom is 0.303 e. The maximum absolute atomic E-state index is 12.8. The van der Waals surface area contributed by atoms with E-state index in [0.29, 0.717) is 31.5 Å². The van der Waals surface area contributed by atoms with Crippen LogP contribution in [0, 0.1) is 5.82 Å². The van der Waals surface area contributed by atoms with Crippen molar-refractivity contribution in [2.45, 2.75) is 25.7 Å². The predicted octanol–water partition coefficient (Wildman–Crippen LogP) is 1.80. The van der Waals surface area contributed by atoms with Gasteiger partial charge in [-0.3, -0.25) is 19.3 Å². The van der Waals surface area contributed by atoms with Crippen molar-refractivity contribution in [3.8, 4) is 0 Å². The van der Waals surface area contributed by atoms with Gasteiger partial charge in [0.05, 0.1) is 6.42 Å². The fourth-order valence-electron chi connectivity index (χ4n) is 2.84. The average molecular weight is 350 g/mol. The number of carbonyl (C=O) groups is 3. The number of carboxylic acids is 1. The first-order chi connectivity index (χ1) is 12.0. The topological polar surface area (TPSA) is 77.9 Å². The Morgan fingerprint density at radius 2 is 1.60 bits per heavy atom. The van der Waals surface area contributed by atoms with Crippen LogP contribution in [-0.4, -0.2) is 65.3 Å². The van der Waals surface area contributed by atoms with Crippen LogP contribution in [0.4, 0.5) is 4.39 Å². The molecule has 1 fully saturated rings. The van der Waals surface area contributed by atoms with Crippen molar-refractivity contribution in [2.24, 2.45) is 0 Å². The summed E-state index contributed by atoms with van der Waals surface area (Å²) in [7, 11) is 0. The van der Waals surface area contributed by atoms with Crippen LogP contribution in [0.2, 0.25) is 0 Å². The van der Waals surface area contributed by atoms with Gasteiger partial charge in [-0.05, 0) is 37.2 Å². The van der Waals surface area contributed by atoms with Crippen LogP contribution in [0.15, 0.2) is 24.3 Å². The summed E-state index contributed by atoms with van der Waals surface area (Å²) >= 11 is 0. The zero-order valence-corrected chi connectivity index (χ0v) is 14.1. The molecule has 0 aromatic heterocycles. The zero-order valence-electron chi connectivity index (χ0n) is 14.1. The van der Waals surface area contributed by atoms with E-state index in [1.807, 2.05) is 0 Å². The van der Waals surface area contributed by atoms with Crippen LogP contribution in [0.25, 0.3) is 0 Å². The highest BCUT2D eigenvalue weighted by molar-refractivity contribution is 5.95. The smallest absolute Gasteiger partial charge is 0.303 e. The van der Waals surface area contributed by atoms with E-state index in [9.17, 15) is 18.8 Å². The van der Waals surface area contributed by atoms with Crippen LogP contribution in [-0.2, 0) is 9.59 Å². The minimum atomic E-state index is -0.960. The number of benzene rings is 1. The molecular weight excluding hydrogens is 327 g/mol. The van der Waals surface area contributed by atoms with Gasteiger partial charge >= 0.3 is 5.97 Å². The van der Waals surface area contributed by atoms with E-state index >= 15 is 0 Å². The van der Waals surface area contributed by atoms with E-state index in [1.54, 1.807) is 4.90 Å². The lowest BCUT2D eigenvalue weighted by atomic mass is 10.1. The van der Waals surface area contributed by atoms with Crippen molar-refractivity contribution in [3.63, 3.8) is 0 Å². The second-order valence-corrected chi connectivity index (χ2v) is 6.15. The van der Waals surface area contributed by atoms with E-state index in [-0.39, 0.29) is 30.3 Å². The Bertz CT molecular complexity index is 610. The molecule has 1 saturated heterocycles. The van der Waals surface area contributed by atoms with Gasteiger partial charge in [0.25, 0.3) is 0 Å². The molecule has 25 heavy (non-hydrogen) atoms. The Morgan fingerprint density at radius 1 is 0.960 bits per heavy atom. The van der Waals surface area contributed by atoms with Gasteiger partial charge in [0.1, 0.15) is 5.82 Å². The molecule has 136 valence electrons. The average Bonchev–Trinajstić information content (AvgIpc) is 2.60. The third kappa shape index (κ3) is 6.26. The van der Waals surface area contributed by atoms with Gasteiger partial charge in [-0.25, -0.2) is 4.39 Å². The van der Waals surface area contributed by atoms with Gasteiger partial charge < -0.3 is 10.0 Å². The molecule has 0 unspecified atom stereocenters. The summed E-state index contributed by atoms with van der Waals surface area (Å²) in [6.45, 7) is 3.39. The summed E-state index contributed by atoms with van der Waals surface area (Å²) in [6.07, 6.45) is 1.03. The molecule has 0 saturated carbocycles. The molecule has 1 N–H and O–H groups in total. The van der Waals surface area contributed by atoms with Crippen molar-refractivity contribution in [1.29, 1.82) is 0 Å². The summed E-state index contributed by atoms with van der Waals surface area (Å²) in [5, 5.41) is 8.62. The molecular formula is C18H23FN2O4. The first-order valence-corrected chi connectivity index (χ1v) is 8.46. The molecule has 0 aliphatic carbocycles. The van der Waals surface area contributed by atoms with Gasteiger partial charge in [-0.2, -0.15) is 0 Å². The van der Waals surface area contributed by atoms with Gasteiger partial charge in [0.15, 0.2) is 5.78 Å². The number of Topliss-reactive ketones (excluding diaryl/α,β-unsaturated/α-hetero) is 1. The molecule has 1 aliphatic heterocycles. The SMILES string of the molecule is O=C(O)CCC(=O)N1CCN(CCCC(=O)c2ccc(F)cc2)CC1. The predicted molar refractivity (Wildman–Crippen MR) is 89.9 cm³/mol. The third-order valence-electron chi connectivity index (χ3n) is 4.32. The Kier molecular flexibility index (Phi) is 7.06. The number of aliphatic carboxylic acids is 1. The van der Waals surface area contributed by atoms with Crippen molar-refractivity contribution < 1.29 is 23.9 Å². The standard InChI is InChI=1S/C18H23FN2O4/c19-15-5-3-14(4-6-15)16(22)2-1-9-20-10-12-21(13-11-20)17(23)7-8-18(24)25/h3-6H,1-2,7-13H2,(H,24,25). The molecule has 0 spiro atoms. The van der Waals surface area contributed by atoms with Gasteiger partial charge in [0.2, 0.25) is 5.91 Å². The molecule has 1 aromatic carbocycles. The number of rotatable bonds is 8. The lowest BCUT2D eigenvalue weighted by Gasteiger charge is -2.34. The fourth-order valence-corrected chi connectivity index (χ4v) is 2.84. The van der Waals surface area contributed by atoms with Gasteiger partial charge in [0, 0.05) is 44.6 Å².